The van der Waals surface area contributed by atoms with E-state index in [1.54, 1.807) is 0 Å². The molecule has 1 fully saturated rings. The van der Waals surface area contributed by atoms with Gasteiger partial charge in [-0.25, -0.2) is 0 Å². The highest BCUT2D eigenvalue weighted by Crippen LogP contribution is 2.18. The quantitative estimate of drug-likeness (QED) is 0.654. The minimum absolute atomic E-state index is 1.02. The molecule has 0 aromatic carbocycles. The maximum atomic E-state index is 3.40. The van der Waals surface area contributed by atoms with E-state index in [-0.39, 0.29) is 0 Å². The van der Waals surface area contributed by atoms with Gasteiger partial charge in [0.1, 0.15) is 0 Å². The van der Waals surface area contributed by atoms with Gasteiger partial charge in [0.2, 0.25) is 0 Å². The molecule has 1 N–H and O–H groups in total. The lowest BCUT2D eigenvalue weighted by Gasteiger charge is -2.21. The van der Waals surface area contributed by atoms with E-state index in [0.29, 0.717) is 0 Å². The zero-order chi connectivity index (χ0) is 7.94. The Bertz CT molecular complexity index is 89.6. The van der Waals surface area contributed by atoms with Crippen molar-refractivity contribution >= 4 is 11.8 Å². The van der Waals surface area contributed by atoms with Crippen LogP contribution in [-0.4, -0.2) is 24.6 Å². The lowest BCUT2D eigenvalue weighted by atomic mass is 9.96. The Balaban J connectivity index is 1.96. The lowest BCUT2D eigenvalue weighted by Crippen LogP contribution is -2.27. The second-order valence-corrected chi connectivity index (χ2v) is 4.57. The van der Waals surface area contributed by atoms with Crippen LogP contribution < -0.4 is 5.32 Å². The maximum Gasteiger partial charge on any atom is -0.00463 e. The van der Waals surface area contributed by atoms with Crippen LogP contribution in [0.15, 0.2) is 0 Å². The fraction of sp³-hybridized carbons (Fsp3) is 1.00. The van der Waals surface area contributed by atoms with E-state index in [1.807, 2.05) is 0 Å². The first kappa shape index (κ1) is 9.40. The Morgan fingerprint density at radius 1 is 1.36 bits per heavy atom. The summed E-state index contributed by atoms with van der Waals surface area (Å²) in [6.45, 7) is 4.75. The average molecular weight is 173 g/mol. The monoisotopic (exact) mass is 173 g/mol. The average Bonchev–Trinajstić information content (AvgIpc) is 2.07. The summed E-state index contributed by atoms with van der Waals surface area (Å²) in [5, 5.41) is 3.40. The van der Waals surface area contributed by atoms with Crippen LogP contribution in [0, 0.1) is 5.92 Å². The van der Waals surface area contributed by atoms with E-state index in [1.165, 1.54) is 43.9 Å². The van der Waals surface area contributed by atoms with Crippen molar-refractivity contribution in [1.82, 2.24) is 5.32 Å². The van der Waals surface area contributed by atoms with Crippen molar-refractivity contribution in [2.24, 2.45) is 5.92 Å². The van der Waals surface area contributed by atoms with Crippen LogP contribution in [0.25, 0.3) is 0 Å². The van der Waals surface area contributed by atoms with Crippen LogP contribution in [0.3, 0.4) is 0 Å². The Morgan fingerprint density at radius 2 is 2.09 bits per heavy atom. The van der Waals surface area contributed by atoms with Crippen LogP contribution in [0.5, 0.6) is 0 Å². The summed E-state index contributed by atoms with van der Waals surface area (Å²) in [5.74, 6) is 3.68. The predicted octanol–water partition coefficient (Wildman–Crippen LogP) is 2.13. The molecule has 0 atom stereocenters. The SMILES string of the molecule is CCSCCC1CCNCC1. The molecule has 0 aromatic heterocycles. The first-order valence-corrected chi connectivity index (χ1v) is 5.87. The largest absolute Gasteiger partial charge is 0.317 e. The molecule has 0 radical (unpaired) electrons. The van der Waals surface area contributed by atoms with Gasteiger partial charge in [-0.2, -0.15) is 11.8 Å². The Kier molecular flexibility index (Phi) is 5.04. The third-order valence-electron chi connectivity index (χ3n) is 2.33. The molecule has 0 spiro atoms. The predicted molar refractivity (Wildman–Crippen MR) is 53.2 cm³/mol. The molecular weight excluding hydrogens is 154 g/mol. The van der Waals surface area contributed by atoms with Gasteiger partial charge >= 0.3 is 0 Å². The van der Waals surface area contributed by atoms with Crippen molar-refractivity contribution in [3.05, 3.63) is 0 Å². The van der Waals surface area contributed by atoms with E-state index < -0.39 is 0 Å². The van der Waals surface area contributed by atoms with Crippen LogP contribution >= 0.6 is 11.8 Å². The Hall–Kier alpha value is 0.310. The van der Waals surface area contributed by atoms with E-state index in [0.717, 1.165) is 5.92 Å². The minimum Gasteiger partial charge on any atom is -0.317 e. The topological polar surface area (TPSA) is 12.0 Å². The van der Waals surface area contributed by atoms with Gasteiger partial charge in [-0.3, -0.25) is 0 Å². The second-order valence-electron chi connectivity index (χ2n) is 3.18. The molecule has 1 aliphatic rings. The third kappa shape index (κ3) is 4.02. The second kappa shape index (κ2) is 5.90. The smallest absolute Gasteiger partial charge is 0.00463 e. The summed E-state index contributed by atoms with van der Waals surface area (Å²) in [7, 11) is 0. The number of piperidine rings is 1. The van der Waals surface area contributed by atoms with E-state index >= 15 is 0 Å². The molecule has 0 aliphatic carbocycles. The van der Waals surface area contributed by atoms with Crippen molar-refractivity contribution in [2.45, 2.75) is 26.2 Å². The maximum absolute atomic E-state index is 3.40. The van der Waals surface area contributed by atoms with Gasteiger partial charge in [0.05, 0.1) is 0 Å². The fourth-order valence-corrected chi connectivity index (χ4v) is 2.35. The summed E-state index contributed by atoms with van der Waals surface area (Å²) >= 11 is 2.08. The summed E-state index contributed by atoms with van der Waals surface area (Å²) in [6.07, 6.45) is 4.26. The number of thioether (sulfide) groups is 1. The van der Waals surface area contributed by atoms with Crippen LogP contribution in [0.4, 0.5) is 0 Å². The molecule has 66 valence electrons. The third-order valence-corrected chi connectivity index (χ3v) is 3.27. The van der Waals surface area contributed by atoms with Crippen LogP contribution in [0.2, 0.25) is 0 Å². The van der Waals surface area contributed by atoms with E-state index in [2.05, 4.69) is 24.0 Å². The number of hydrogen-bond acceptors (Lipinski definition) is 2. The van der Waals surface area contributed by atoms with Gasteiger partial charge in [-0.05, 0) is 49.8 Å². The number of rotatable bonds is 4. The molecular formula is C9H19NS. The molecule has 0 aromatic rings. The number of hydrogen-bond donors (Lipinski definition) is 1. The van der Waals surface area contributed by atoms with Crippen molar-refractivity contribution in [1.29, 1.82) is 0 Å². The zero-order valence-corrected chi connectivity index (χ0v) is 8.25. The molecule has 2 heteroatoms. The molecule has 1 saturated heterocycles. The van der Waals surface area contributed by atoms with Gasteiger partial charge in [0.15, 0.2) is 0 Å². The zero-order valence-electron chi connectivity index (χ0n) is 7.44. The molecule has 1 rings (SSSR count). The normalized spacial score (nSPS) is 20.5. The Morgan fingerprint density at radius 3 is 2.73 bits per heavy atom. The van der Waals surface area contributed by atoms with Gasteiger partial charge in [-0.15, -0.1) is 0 Å². The highest BCUT2D eigenvalue weighted by Gasteiger charge is 2.11. The molecule has 1 heterocycles. The molecule has 0 saturated carbocycles. The first-order valence-electron chi connectivity index (χ1n) is 4.72. The van der Waals surface area contributed by atoms with Crippen LogP contribution in [0.1, 0.15) is 26.2 Å². The highest BCUT2D eigenvalue weighted by atomic mass is 32.2. The van der Waals surface area contributed by atoms with Crippen LogP contribution in [-0.2, 0) is 0 Å². The van der Waals surface area contributed by atoms with Gasteiger partial charge < -0.3 is 5.32 Å². The number of nitrogens with one attached hydrogen (secondary N) is 1. The van der Waals surface area contributed by atoms with Crippen molar-refractivity contribution in [3.8, 4) is 0 Å². The molecule has 1 nitrogen and oxygen atoms in total. The van der Waals surface area contributed by atoms with Gasteiger partial charge in [0, 0.05) is 0 Å². The van der Waals surface area contributed by atoms with Crippen molar-refractivity contribution in [2.75, 3.05) is 24.6 Å². The standard InChI is InChI=1S/C9H19NS/c1-2-11-8-5-9-3-6-10-7-4-9/h9-10H,2-8H2,1H3. The minimum atomic E-state index is 1.02. The molecule has 11 heavy (non-hydrogen) atoms. The molecule has 0 amide bonds. The van der Waals surface area contributed by atoms with Gasteiger partial charge in [0.25, 0.3) is 0 Å². The first-order chi connectivity index (χ1) is 5.43. The fourth-order valence-electron chi connectivity index (χ4n) is 1.56. The summed E-state index contributed by atoms with van der Waals surface area (Å²) in [4.78, 5) is 0. The molecule has 1 aliphatic heterocycles. The van der Waals surface area contributed by atoms with Crippen molar-refractivity contribution in [3.63, 3.8) is 0 Å². The molecule has 0 unspecified atom stereocenters. The van der Waals surface area contributed by atoms with Gasteiger partial charge in [-0.1, -0.05) is 6.92 Å². The molecule has 0 bridgehead atoms. The highest BCUT2D eigenvalue weighted by molar-refractivity contribution is 7.99. The van der Waals surface area contributed by atoms with E-state index in [4.69, 9.17) is 0 Å². The summed E-state index contributed by atoms with van der Waals surface area (Å²) in [6, 6.07) is 0. The lowest BCUT2D eigenvalue weighted by molar-refractivity contribution is 0.367. The van der Waals surface area contributed by atoms with Crippen molar-refractivity contribution < 1.29 is 0 Å². The van der Waals surface area contributed by atoms with E-state index in [9.17, 15) is 0 Å². The Labute approximate surface area is 74.3 Å². The summed E-state index contributed by atoms with van der Waals surface area (Å²) in [5.41, 5.74) is 0. The summed E-state index contributed by atoms with van der Waals surface area (Å²) < 4.78 is 0.